The molecule has 0 saturated carbocycles. The molecule has 10 atom stereocenters. The first kappa shape index (κ1) is 73.3. The molecule has 24 heteroatoms. The van der Waals surface area contributed by atoms with E-state index in [2.05, 4.69) is 209 Å². The maximum Gasteiger partial charge on any atom is 0.270 e. The van der Waals surface area contributed by atoms with Crippen LogP contribution in [0.4, 0.5) is 0 Å². The van der Waals surface area contributed by atoms with Gasteiger partial charge in [-0.25, -0.2) is 0 Å². The first-order valence-corrected chi connectivity index (χ1v) is 47.6. The second-order valence-corrected chi connectivity index (χ2v) is 58.4. The van der Waals surface area contributed by atoms with Gasteiger partial charge in [0.25, 0.3) is 13.7 Å². The fourth-order valence-corrected chi connectivity index (χ4v) is 15.1. The molecule has 0 bridgehead atoms. The van der Waals surface area contributed by atoms with Crippen LogP contribution in [0.25, 0.3) is 0 Å². The van der Waals surface area contributed by atoms with Gasteiger partial charge in [0.15, 0.2) is 0 Å². The number of benzene rings is 4. The van der Waals surface area contributed by atoms with Crippen molar-refractivity contribution >= 4 is 131 Å². The Labute approximate surface area is 489 Å². The van der Waals surface area contributed by atoms with E-state index in [1.54, 1.807) is 33.3 Å². The number of hydrogen-bond acceptors (Lipinski definition) is 15. The predicted octanol–water partition coefficient (Wildman–Crippen LogP) is 16.6. The molecule has 2 unspecified atom stereocenters. The Balaban J connectivity index is 0.000000451. The predicted molar refractivity (Wildman–Crippen MR) is 357 cm³/mol. The summed E-state index contributed by atoms with van der Waals surface area (Å²) in [7, 11) is 8.14. The van der Waals surface area contributed by atoms with Crippen molar-refractivity contribution in [1.29, 1.82) is 0 Å². The molecule has 0 aliphatic carbocycles. The van der Waals surface area contributed by atoms with Crippen LogP contribution in [0.3, 0.4) is 0 Å². The summed E-state index contributed by atoms with van der Waals surface area (Å²) < 4.78 is 33.9. The zero-order valence-electron chi connectivity index (χ0n) is 46.5. The molecule has 0 radical (unpaired) electrons. The number of aliphatic hydroxyl groups excluding tert-OH is 1. The summed E-state index contributed by atoms with van der Waals surface area (Å²) in [5.41, 5.74) is 4.69. The SMILES string of the molecule is CN[C@@H](C)[C@@H](O)c1ccccc1.CP(=S)(Cl)Cl.CP(C)(O)=S.CSP(C)(C)=O.C[C@H]1[C@H](c2ccccc2)OP(C)(C)(S)N1C.C[C@H]1[C@H](c2ccccc2)O[P+](C)(S)N1C.C[C@H]1[C@H](c2ccccc2)O[P+](C)(S)N1C. The van der Waals surface area contributed by atoms with Crippen LogP contribution in [-0.2, 0) is 41.8 Å². The van der Waals surface area contributed by atoms with Crippen LogP contribution in [-0.4, -0.2) is 143 Å². The third kappa shape index (κ3) is 27.4. The van der Waals surface area contributed by atoms with Crippen LogP contribution in [0.5, 0.6) is 0 Å². The number of halogens is 2. The van der Waals surface area contributed by atoms with Crippen molar-refractivity contribution in [3.8, 4) is 0 Å². The standard InChI is InChI=1S/C12H20NOPS.2C11H17NOPS.C10H15NO.C3H9OPS.C2H7OPS.CH3Cl2PS/c1-10-12(11-8-6-5-7-9-11)14-15(3,4,16)13(10)2;2*1-9-11(10-7-5-4-6-8-10)13-14(3,15)12(9)2;1-8(11-2)10(12)9-6-4-3-5-7-9;1-5(2,4)6-3;2*1-4(2,3)5/h5-10,12,16H,1-4H3;2*4-9,11,15H,1-3H3;3-8,10-12H,1-2H3;1-3H3;1-2H3,(H,3,5);1H3/q;2*+1;;;;/t10-,12+;2*9-,11+,14?;8-,10+;;;/m0000.../s1. The summed E-state index contributed by atoms with van der Waals surface area (Å²) >= 11 is 34.9. The molecule has 3 heterocycles. The quantitative estimate of drug-likeness (QED) is 0.0782. The summed E-state index contributed by atoms with van der Waals surface area (Å²) in [6, 6.07) is 42.1. The maximum atomic E-state index is 10.5. The van der Waals surface area contributed by atoms with Gasteiger partial charge in [-0.05, 0) is 84.1 Å². The van der Waals surface area contributed by atoms with Crippen molar-refractivity contribution in [2.75, 3.05) is 94.4 Å². The van der Waals surface area contributed by atoms with E-state index in [9.17, 15) is 9.67 Å². The number of nitrogens with one attached hydrogen (secondary N) is 1. The minimum Gasteiger partial charge on any atom is -0.198 e. The van der Waals surface area contributed by atoms with Crippen LogP contribution in [0.15, 0.2) is 121 Å². The summed E-state index contributed by atoms with van der Waals surface area (Å²) in [4.78, 5) is 8.45. The second-order valence-electron chi connectivity index (χ2n) is 19.7. The molecular weight excluding hydrogens is 1200 g/mol. The Bertz CT molecular complexity index is 2270. The van der Waals surface area contributed by atoms with Crippen molar-refractivity contribution in [3.05, 3.63) is 144 Å². The van der Waals surface area contributed by atoms with E-state index in [0.29, 0.717) is 18.1 Å². The molecule has 7 rings (SSSR count). The largest absolute Gasteiger partial charge is 0.270 e. The van der Waals surface area contributed by atoms with Gasteiger partial charge >= 0.3 is 103 Å². The molecule has 422 valence electrons. The average molecular weight is 1290 g/mol. The third-order valence-electron chi connectivity index (χ3n) is 12.1. The Morgan fingerprint density at radius 2 is 0.959 bits per heavy atom. The molecular formula is C50H88Cl2N4O6P6S6+2. The molecule has 3 aliphatic heterocycles. The van der Waals surface area contributed by atoms with Crippen molar-refractivity contribution in [1.82, 2.24) is 19.3 Å². The van der Waals surface area contributed by atoms with Crippen molar-refractivity contribution in [3.63, 3.8) is 0 Å². The molecule has 0 amide bonds. The molecule has 10 nitrogen and oxygen atoms in total. The van der Waals surface area contributed by atoms with Gasteiger partial charge in [-0.1, -0.05) is 137 Å². The number of aliphatic hydroxyl groups is 1. The Kier molecular flexibility index (Phi) is 32.0. The van der Waals surface area contributed by atoms with Gasteiger partial charge in [0.1, 0.15) is 36.6 Å². The summed E-state index contributed by atoms with van der Waals surface area (Å²) in [6.45, 7) is 22.2. The topological polar surface area (TPSA) is 107 Å². The Morgan fingerprint density at radius 3 is 1.18 bits per heavy atom. The Hall–Kier alpha value is 1.32. The van der Waals surface area contributed by atoms with E-state index in [1.807, 2.05) is 68.8 Å². The zero-order chi connectivity index (χ0) is 57.3. The van der Waals surface area contributed by atoms with E-state index in [-0.39, 0.29) is 24.4 Å². The maximum absolute atomic E-state index is 10.5. The van der Waals surface area contributed by atoms with Crippen LogP contribution >= 0.6 is 108 Å². The fraction of sp³-hybridized carbons (Fsp3) is 0.520. The van der Waals surface area contributed by atoms with Crippen LogP contribution in [0.2, 0.25) is 0 Å². The molecule has 3 aliphatic rings. The van der Waals surface area contributed by atoms with Crippen LogP contribution in [0, 0.1) is 0 Å². The van der Waals surface area contributed by atoms with Gasteiger partial charge < -0.3 is 19.9 Å². The van der Waals surface area contributed by atoms with Gasteiger partial charge in [0.2, 0.25) is 0 Å². The summed E-state index contributed by atoms with van der Waals surface area (Å²) in [5.74, 6) is 0. The first-order valence-electron chi connectivity index (χ1n) is 23.8. The fourth-order valence-electron chi connectivity index (χ4n) is 7.07. The number of likely N-dealkylation sites (N-methyl/N-ethyl adjacent to an activating group) is 4. The van der Waals surface area contributed by atoms with Crippen molar-refractivity contribution in [2.24, 2.45) is 0 Å². The molecule has 0 spiro atoms. The van der Waals surface area contributed by atoms with Gasteiger partial charge in [-0.15, -0.1) is 20.7 Å². The molecule has 3 N–H and O–H groups in total. The normalized spacial score (nSPS) is 27.8. The van der Waals surface area contributed by atoms with E-state index in [1.165, 1.54) is 28.1 Å². The molecule has 0 aromatic heterocycles. The van der Waals surface area contributed by atoms with Gasteiger partial charge in [0, 0.05) is 20.1 Å². The number of nitrogens with zero attached hydrogens (tertiary/aromatic N) is 3. The summed E-state index contributed by atoms with van der Waals surface area (Å²) in [5, 5.41) is 12.7. The average Bonchev–Trinajstić information content (AvgIpc) is 3.75. The number of thiol groups is 3. The molecule has 4 aromatic rings. The minimum absolute atomic E-state index is 0.0902. The second kappa shape index (κ2) is 32.2. The summed E-state index contributed by atoms with van der Waals surface area (Å²) in [6.07, 6.45) is -4.03. The van der Waals surface area contributed by atoms with E-state index >= 15 is 0 Å². The molecule has 4 aromatic carbocycles. The van der Waals surface area contributed by atoms with Crippen LogP contribution in [0.1, 0.15) is 74.4 Å². The van der Waals surface area contributed by atoms with Crippen LogP contribution < -0.4 is 5.32 Å². The zero-order valence-corrected chi connectivity index (χ0v) is 58.6. The van der Waals surface area contributed by atoms with E-state index < -0.39 is 43.3 Å². The number of hydrogen-bond donors (Lipinski definition) is 6. The smallest absolute Gasteiger partial charge is 0.198 e. The Morgan fingerprint density at radius 1 is 0.689 bits per heavy atom. The monoisotopic (exact) mass is 1290 g/mol. The molecule has 74 heavy (non-hydrogen) atoms. The van der Waals surface area contributed by atoms with Gasteiger partial charge in [0.05, 0.1) is 48.9 Å². The van der Waals surface area contributed by atoms with E-state index in [4.69, 9.17) is 53.2 Å². The third-order valence-corrected chi connectivity index (χ3v) is 26.3. The first-order chi connectivity index (χ1) is 33.7. The molecule has 3 saturated heterocycles. The van der Waals surface area contributed by atoms with Gasteiger partial charge in [-0.2, -0.15) is 9.05 Å². The van der Waals surface area contributed by atoms with Gasteiger partial charge in [-0.3, -0.25) is 0 Å². The number of rotatable bonds is 7. The van der Waals surface area contributed by atoms with Crippen molar-refractivity contribution in [2.45, 2.75) is 76.3 Å². The molecule has 3 fully saturated rings. The minimum atomic E-state index is -2.39. The van der Waals surface area contributed by atoms with Crippen molar-refractivity contribution < 1.29 is 28.1 Å². The van der Waals surface area contributed by atoms with E-state index in [0.717, 1.165) is 5.56 Å².